The van der Waals surface area contributed by atoms with Crippen molar-refractivity contribution >= 4 is 0 Å². The number of rotatable bonds is 15. The Hall–Kier alpha value is -0.340. The van der Waals surface area contributed by atoms with Crippen molar-refractivity contribution in [3.63, 3.8) is 0 Å². The van der Waals surface area contributed by atoms with Crippen molar-refractivity contribution in [3.05, 3.63) is 19.1 Å². The third kappa shape index (κ3) is 11.8. The van der Waals surface area contributed by atoms with Crippen molar-refractivity contribution in [2.45, 2.75) is 109 Å². The van der Waals surface area contributed by atoms with Gasteiger partial charge in [0.25, 0.3) is 0 Å². The molecule has 1 saturated heterocycles. The minimum Gasteiger partial charge on any atom is -0.353 e. The minimum atomic E-state index is 0.0576. The van der Waals surface area contributed by atoms with E-state index in [2.05, 4.69) is 26.0 Å². The SMILES string of the molecule is [CH2]CCCCCC/C=C\CC(CCCCCC)O[C@@H]1CCCO1. The van der Waals surface area contributed by atoms with Gasteiger partial charge in [-0.25, -0.2) is 0 Å². The highest BCUT2D eigenvalue weighted by atomic mass is 16.7. The lowest BCUT2D eigenvalue weighted by Crippen LogP contribution is -2.21. The molecule has 1 aliphatic heterocycles. The van der Waals surface area contributed by atoms with Gasteiger partial charge in [-0.1, -0.05) is 77.4 Å². The maximum atomic E-state index is 6.17. The largest absolute Gasteiger partial charge is 0.353 e. The van der Waals surface area contributed by atoms with Crippen LogP contribution in [-0.2, 0) is 9.47 Å². The van der Waals surface area contributed by atoms with Crippen LogP contribution in [0.4, 0.5) is 0 Å². The summed E-state index contributed by atoms with van der Waals surface area (Å²) in [6.45, 7) is 7.03. The molecule has 23 heavy (non-hydrogen) atoms. The number of hydrogen-bond donors (Lipinski definition) is 0. The van der Waals surface area contributed by atoms with E-state index < -0.39 is 0 Å². The van der Waals surface area contributed by atoms with E-state index in [1.807, 2.05) is 0 Å². The Kier molecular flexibility index (Phi) is 13.7. The van der Waals surface area contributed by atoms with Crippen LogP contribution in [-0.4, -0.2) is 19.0 Å². The van der Waals surface area contributed by atoms with Gasteiger partial charge in [0.2, 0.25) is 0 Å². The van der Waals surface area contributed by atoms with Gasteiger partial charge in [0.1, 0.15) is 0 Å². The van der Waals surface area contributed by atoms with Gasteiger partial charge in [0.05, 0.1) is 6.10 Å². The van der Waals surface area contributed by atoms with Crippen LogP contribution in [0, 0.1) is 6.92 Å². The zero-order valence-corrected chi connectivity index (χ0v) is 15.4. The molecular weight excluding hydrogens is 284 g/mol. The second-order valence-electron chi connectivity index (χ2n) is 6.81. The van der Waals surface area contributed by atoms with Crippen molar-refractivity contribution in [3.8, 4) is 0 Å². The van der Waals surface area contributed by atoms with Crippen LogP contribution in [0.5, 0.6) is 0 Å². The van der Waals surface area contributed by atoms with Crippen molar-refractivity contribution in [2.24, 2.45) is 0 Å². The summed E-state index contributed by atoms with van der Waals surface area (Å²) >= 11 is 0. The van der Waals surface area contributed by atoms with Gasteiger partial charge in [0, 0.05) is 13.0 Å². The maximum Gasteiger partial charge on any atom is 0.158 e. The summed E-state index contributed by atoms with van der Waals surface area (Å²) in [7, 11) is 0. The summed E-state index contributed by atoms with van der Waals surface area (Å²) in [4.78, 5) is 0. The second-order valence-corrected chi connectivity index (χ2v) is 6.81. The first kappa shape index (κ1) is 20.7. The molecule has 0 aromatic carbocycles. The van der Waals surface area contributed by atoms with E-state index in [4.69, 9.17) is 9.47 Å². The zero-order chi connectivity index (χ0) is 16.6. The van der Waals surface area contributed by atoms with Gasteiger partial charge < -0.3 is 9.47 Å². The predicted octanol–water partition coefficient (Wildman–Crippen LogP) is 6.60. The molecule has 0 aromatic heterocycles. The molecule has 0 N–H and O–H groups in total. The average molecular weight is 324 g/mol. The normalized spacial score (nSPS) is 19.7. The van der Waals surface area contributed by atoms with Gasteiger partial charge >= 0.3 is 0 Å². The highest BCUT2D eigenvalue weighted by Crippen LogP contribution is 2.20. The van der Waals surface area contributed by atoms with Crippen molar-refractivity contribution < 1.29 is 9.47 Å². The zero-order valence-electron chi connectivity index (χ0n) is 15.4. The molecule has 1 aliphatic rings. The van der Waals surface area contributed by atoms with Crippen LogP contribution in [0.2, 0.25) is 0 Å². The Morgan fingerprint density at radius 1 is 1.09 bits per heavy atom. The molecule has 2 atom stereocenters. The fourth-order valence-electron chi connectivity index (χ4n) is 3.07. The van der Waals surface area contributed by atoms with Crippen LogP contribution in [0.1, 0.15) is 96.8 Å². The first-order chi connectivity index (χ1) is 11.4. The average Bonchev–Trinajstić information content (AvgIpc) is 3.06. The molecule has 0 aliphatic carbocycles. The van der Waals surface area contributed by atoms with Gasteiger partial charge in [-0.05, 0) is 32.1 Å². The first-order valence-electron chi connectivity index (χ1n) is 10.1. The van der Waals surface area contributed by atoms with Crippen molar-refractivity contribution in [2.75, 3.05) is 6.61 Å². The lowest BCUT2D eigenvalue weighted by molar-refractivity contribution is -0.144. The number of ether oxygens (including phenoxy) is 2. The lowest BCUT2D eigenvalue weighted by atomic mass is 10.1. The summed E-state index contributed by atoms with van der Waals surface area (Å²) in [5.41, 5.74) is 0. The molecule has 0 bridgehead atoms. The van der Waals surface area contributed by atoms with Crippen molar-refractivity contribution in [1.82, 2.24) is 0 Å². The van der Waals surface area contributed by atoms with Crippen LogP contribution in [0.25, 0.3) is 0 Å². The van der Waals surface area contributed by atoms with Crippen LogP contribution < -0.4 is 0 Å². The molecule has 0 aromatic rings. The molecule has 1 fully saturated rings. The van der Waals surface area contributed by atoms with E-state index in [9.17, 15) is 0 Å². The maximum absolute atomic E-state index is 6.17. The van der Waals surface area contributed by atoms with Gasteiger partial charge in [-0.3, -0.25) is 0 Å². The smallest absolute Gasteiger partial charge is 0.158 e. The molecule has 0 saturated carbocycles. The minimum absolute atomic E-state index is 0.0576. The Balaban J connectivity index is 2.16. The third-order valence-corrected chi connectivity index (χ3v) is 4.55. The molecule has 1 rings (SSSR count). The summed E-state index contributed by atoms with van der Waals surface area (Å²) in [5.74, 6) is 0. The first-order valence-corrected chi connectivity index (χ1v) is 10.1. The van der Waals surface area contributed by atoms with E-state index in [-0.39, 0.29) is 6.29 Å². The van der Waals surface area contributed by atoms with E-state index in [0.717, 1.165) is 32.3 Å². The van der Waals surface area contributed by atoms with E-state index >= 15 is 0 Å². The number of hydrogen-bond acceptors (Lipinski definition) is 2. The van der Waals surface area contributed by atoms with Crippen LogP contribution in [0.3, 0.4) is 0 Å². The van der Waals surface area contributed by atoms with Crippen LogP contribution >= 0.6 is 0 Å². The monoisotopic (exact) mass is 323 g/mol. The molecule has 2 heteroatoms. The molecule has 135 valence electrons. The molecule has 0 amide bonds. The Morgan fingerprint density at radius 3 is 2.65 bits per heavy atom. The standard InChI is InChI=1S/C21H39O2/c1-3-5-7-9-10-11-12-14-17-20(16-13-8-6-4-2)23-21-18-15-19-22-21/h12,14,20-21H,1,3-11,13,15-19H2,2H3/b14-12-/t20?,21-/m1/s1. The van der Waals surface area contributed by atoms with Gasteiger partial charge in [-0.15, -0.1) is 0 Å². The highest BCUT2D eigenvalue weighted by Gasteiger charge is 2.20. The Bertz CT molecular complexity index is 269. The van der Waals surface area contributed by atoms with E-state index in [0.29, 0.717) is 6.10 Å². The van der Waals surface area contributed by atoms with Gasteiger partial charge in [-0.2, -0.15) is 0 Å². The lowest BCUT2D eigenvalue weighted by Gasteiger charge is -2.20. The molecule has 2 nitrogen and oxygen atoms in total. The van der Waals surface area contributed by atoms with Crippen LogP contribution in [0.15, 0.2) is 12.2 Å². The fraction of sp³-hybridized carbons (Fsp3) is 0.857. The molecule has 0 spiro atoms. The quantitative estimate of drug-likeness (QED) is 0.250. The Morgan fingerprint density at radius 2 is 1.91 bits per heavy atom. The van der Waals surface area contributed by atoms with Crippen molar-refractivity contribution in [1.29, 1.82) is 0 Å². The Labute approximate surface area is 145 Å². The molecular formula is C21H39O2. The highest BCUT2D eigenvalue weighted by molar-refractivity contribution is 4.85. The summed E-state index contributed by atoms with van der Waals surface area (Å²) < 4.78 is 11.8. The van der Waals surface area contributed by atoms with E-state index in [1.165, 1.54) is 64.2 Å². The number of allylic oxidation sites excluding steroid dienone is 1. The molecule has 1 unspecified atom stereocenters. The second kappa shape index (κ2) is 15.2. The molecule has 1 radical (unpaired) electrons. The molecule has 1 heterocycles. The third-order valence-electron chi connectivity index (χ3n) is 4.55. The predicted molar refractivity (Wildman–Crippen MR) is 99.4 cm³/mol. The van der Waals surface area contributed by atoms with E-state index in [1.54, 1.807) is 0 Å². The summed E-state index contributed by atoms with van der Waals surface area (Å²) in [5, 5.41) is 0. The number of unbranched alkanes of at least 4 members (excludes halogenated alkanes) is 8. The topological polar surface area (TPSA) is 18.5 Å². The summed E-state index contributed by atoms with van der Waals surface area (Å²) in [6, 6.07) is 0. The fourth-order valence-corrected chi connectivity index (χ4v) is 3.07. The summed E-state index contributed by atoms with van der Waals surface area (Å²) in [6.07, 6.45) is 22.3. The van der Waals surface area contributed by atoms with Gasteiger partial charge in [0.15, 0.2) is 6.29 Å².